The van der Waals surface area contributed by atoms with Gasteiger partial charge in [-0.1, -0.05) is 18.2 Å². The Hall–Kier alpha value is -4.47. The quantitative estimate of drug-likeness (QED) is 0.113. The minimum Gasteiger partial charge on any atom is -0.494 e. The van der Waals surface area contributed by atoms with Crippen molar-refractivity contribution in [1.82, 2.24) is 0 Å². The number of benzene rings is 3. The summed E-state index contributed by atoms with van der Waals surface area (Å²) in [7, 11) is 5.84. The van der Waals surface area contributed by atoms with Gasteiger partial charge in [0, 0.05) is 5.56 Å². The van der Waals surface area contributed by atoms with Gasteiger partial charge in [0.15, 0.2) is 28.8 Å². The van der Waals surface area contributed by atoms with Gasteiger partial charge in [-0.2, -0.15) is 0 Å². The highest BCUT2D eigenvalue weighted by molar-refractivity contribution is 6.04. The summed E-state index contributed by atoms with van der Waals surface area (Å²) in [5, 5.41) is 0. The van der Waals surface area contributed by atoms with E-state index in [2.05, 4.69) is 4.74 Å². The van der Waals surface area contributed by atoms with Crippen LogP contribution >= 0.6 is 0 Å². The fraction of sp³-hybridized carbons (Fsp3) is 0.207. The summed E-state index contributed by atoms with van der Waals surface area (Å²) in [5.74, 6) is -0.0242. The average Bonchev–Trinajstić information content (AvgIpc) is 2.91. The van der Waals surface area contributed by atoms with Gasteiger partial charge in [-0.05, 0) is 77.7 Å². The predicted octanol–water partition coefficient (Wildman–Crippen LogP) is 6.91. The Labute approximate surface area is 223 Å². The van der Waals surface area contributed by atoms with E-state index in [4.69, 9.17) is 18.9 Å². The number of ether oxygens (including phenoxy) is 5. The molecule has 39 heavy (non-hydrogen) atoms. The second-order valence-corrected chi connectivity index (χ2v) is 8.02. The number of halogens is 4. The lowest BCUT2D eigenvalue weighted by molar-refractivity contribution is -0.274. The van der Waals surface area contributed by atoms with Crippen LogP contribution in [0.3, 0.4) is 0 Å². The summed E-state index contributed by atoms with van der Waals surface area (Å²) in [4.78, 5) is 12.5. The molecule has 206 valence electrons. The Bertz CT molecular complexity index is 1340. The lowest BCUT2D eigenvalue weighted by atomic mass is 10.0. The standard InChI is InChI=1S/C29H26F4O6/c1-35-25-17-20(6-5-7-24(34)19-10-12-22(13-11-19)39-29(31,32)33)21(16-23(25)30)9-8-18-14-26(36-2)28(38-4)27(15-18)37-3/h5,7-17H,6H2,1-4H3/b7-5-,9-8-. The summed E-state index contributed by atoms with van der Waals surface area (Å²) in [5.41, 5.74) is 2.08. The van der Waals surface area contributed by atoms with E-state index in [-0.39, 0.29) is 17.7 Å². The number of hydrogen-bond acceptors (Lipinski definition) is 6. The normalized spacial score (nSPS) is 11.6. The number of carbonyl (C=O) groups is 1. The Morgan fingerprint density at radius 3 is 1.97 bits per heavy atom. The maximum absolute atomic E-state index is 14.5. The number of methoxy groups -OCH3 is 4. The molecule has 0 atom stereocenters. The van der Waals surface area contributed by atoms with E-state index in [1.54, 1.807) is 30.4 Å². The van der Waals surface area contributed by atoms with Gasteiger partial charge in [-0.15, -0.1) is 13.2 Å². The third-order valence-corrected chi connectivity index (χ3v) is 5.54. The topological polar surface area (TPSA) is 63.2 Å². The van der Waals surface area contributed by atoms with Crippen molar-refractivity contribution >= 4 is 17.9 Å². The first kappa shape index (κ1) is 29.1. The monoisotopic (exact) mass is 546 g/mol. The van der Waals surface area contributed by atoms with Crippen LogP contribution in [0.15, 0.2) is 60.7 Å². The zero-order valence-electron chi connectivity index (χ0n) is 21.6. The molecule has 3 aromatic carbocycles. The van der Waals surface area contributed by atoms with E-state index in [0.29, 0.717) is 33.9 Å². The van der Waals surface area contributed by atoms with Gasteiger partial charge in [0.2, 0.25) is 5.75 Å². The highest BCUT2D eigenvalue weighted by atomic mass is 19.4. The maximum Gasteiger partial charge on any atom is 0.573 e. The molecule has 0 unspecified atom stereocenters. The fourth-order valence-corrected chi connectivity index (χ4v) is 3.69. The van der Waals surface area contributed by atoms with E-state index in [0.717, 1.165) is 12.1 Å². The van der Waals surface area contributed by atoms with Crippen LogP contribution in [0.1, 0.15) is 27.0 Å². The summed E-state index contributed by atoms with van der Waals surface area (Å²) in [6.45, 7) is 0. The predicted molar refractivity (Wildman–Crippen MR) is 138 cm³/mol. The number of ketones is 1. The SMILES string of the molecule is COc1cc(C/C=C\C(=O)c2ccc(OC(F)(F)F)cc2)c(/C=C\c2cc(OC)c(OC)c(OC)c2)cc1F. The largest absolute Gasteiger partial charge is 0.573 e. The smallest absolute Gasteiger partial charge is 0.494 e. The number of alkyl halides is 3. The van der Waals surface area contributed by atoms with E-state index >= 15 is 0 Å². The molecule has 0 amide bonds. The first-order valence-electron chi connectivity index (χ1n) is 11.5. The Balaban J connectivity index is 1.84. The number of allylic oxidation sites excluding steroid dienone is 2. The van der Waals surface area contributed by atoms with Crippen LogP contribution in [0.2, 0.25) is 0 Å². The van der Waals surface area contributed by atoms with E-state index < -0.39 is 23.7 Å². The zero-order valence-corrected chi connectivity index (χ0v) is 21.6. The number of hydrogen-bond donors (Lipinski definition) is 0. The molecule has 0 saturated heterocycles. The van der Waals surface area contributed by atoms with Crippen LogP contribution in [0.25, 0.3) is 12.2 Å². The van der Waals surface area contributed by atoms with E-state index in [1.165, 1.54) is 58.8 Å². The molecule has 0 aliphatic carbocycles. The molecular formula is C29H26F4O6. The molecule has 3 rings (SSSR count). The van der Waals surface area contributed by atoms with Crippen LogP contribution in [0.4, 0.5) is 17.6 Å². The minimum atomic E-state index is -4.82. The van der Waals surface area contributed by atoms with Gasteiger partial charge in [0.25, 0.3) is 0 Å². The molecule has 3 aromatic rings. The first-order valence-corrected chi connectivity index (χ1v) is 11.5. The molecule has 0 bridgehead atoms. The van der Waals surface area contributed by atoms with E-state index in [1.807, 2.05) is 0 Å². The molecule has 10 heteroatoms. The van der Waals surface area contributed by atoms with Crippen LogP contribution < -0.4 is 23.7 Å². The molecule has 0 saturated carbocycles. The van der Waals surface area contributed by atoms with Crippen LogP contribution in [-0.4, -0.2) is 40.6 Å². The number of carbonyl (C=O) groups excluding carboxylic acids is 1. The van der Waals surface area contributed by atoms with Crippen LogP contribution in [0.5, 0.6) is 28.7 Å². The van der Waals surface area contributed by atoms with Gasteiger partial charge in [-0.3, -0.25) is 4.79 Å². The maximum atomic E-state index is 14.5. The molecule has 0 radical (unpaired) electrons. The first-order chi connectivity index (χ1) is 18.6. The molecule has 0 spiro atoms. The van der Waals surface area contributed by atoms with Crippen molar-refractivity contribution in [2.24, 2.45) is 0 Å². The fourth-order valence-electron chi connectivity index (χ4n) is 3.69. The van der Waals surface area contributed by atoms with Crippen molar-refractivity contribution < 1.29 is 46.0 Å². The van der Waals surface area contributed by atoms with Gasteiger partial charge in [0.1, 0.15) is 5.75 Å². The van der Waals surface area contributed by atoms with Crippen molar-refractivity contribution in [2.45, 2.75) is 12.8 Å². The highest BCUT2D eigenvalue weighted by Gasteiger charge is 2.31. The van der Waals surface area contributed by atoms with Crippen molar-refractivity contribution in [1.29, 1.82) is 0 Å². The molecule has 0 aliphatic rings. The second kappa shape index (κ2) is 12.9. The van der Waals surface area contributed by atoms with Gasteiger partial charge in [0.05, 0.1) is 28.4 Å². The summed E-state index contributed by atoms with van der Waals surface area (Å²) >= 11 is 0. The second-order valence-electron chi connectivity index (χ2n) is 8.02. The van der Waals surface area contributed by atoms with Crippen LogP contribution in [-0.2, 0) is 6.42 Å². The Kier molecular flexibility index (Phi) is 9.59. The van der Waals surface area contributed by atoms with Crippen molar-refractivity contribution in [3.05, 3.63) is 88.8 Å². The number of rotatable bonds is 11. The van der Waals surface area contributed by atoms with Gasteiger partial charge in [-0.25, -0.2) is 4.39 Å². The summed E-state index contributed by atoms with van der Waals surface area (Å²) < 4.78 is 76.5. The molecule has 0 heterocycles. The molecule has 0 fully saturated rings. The Morgan fingerprint density at radius 1 is 0.821 bits per heavy atom. The van der Waals surface area contributed by atoms with Crippen molar-refractivity contribution in [3.63, 3.8) is 0 Å². The third kappa shape index (κ3) is 7.76. The molecule has 6 nitrogen and oxygen atoms in total. The van der Waals surface area contributed by atoms with E-state index in [9.17, 15) is 22.4 Å². The van der Waals surface area contributed by atoms with Gasteiger partial charge < -0.3 is 23.7 Å². The van der Waals surface area contributed by atoms with Crippen molar-refractivity contribution in [2.75, 3.05) is 28.4 Å². The van der Waals surface area contributed by atoms with Crippen molar-refractivity contribution in [3.8, 4) is 28.7 Å². The zero-order chi connectivity index (χ0) is 28.6. The Morgan fingerprint density at radius 2 is 1.44 bits per heavy atom. The third-order valence-electron chi connectivity index (χ3n) is 5.54. The molecule has 0 aliphatic heterocycles. The minimum absolute atomic E-state index is 0.0370. The average molecular weight is 547 g/mol. The highest BCUT2D eigenvalue weighted by Crippen LogP contribution is 2.38. The molecular weight excluding hydrogens is 520 g/mol. The van der Waals surface area contributed by atoms with Gasteiger partial charge >= 0.3 is 6.36 Å². The molecule has 0 N–H and O–H groups in total. The summed E-state index contributed by atoms with van der Waals surface area (Å²) in [6.07, 6.45) is 1.74. The van der Waals surface area contributed by atoms with Crippen LogP contribution in [0, 0.1) is 5.82 Å². The lowest BCUT2D eigenvalue weighted by Gasteiger charge is -2.13. The lowest BCUT2D eigenvalue weighted by Crippen LogP contribution is -2.17. The molecule has 0 aromatic heterocycles. The summed E-state index contributed by atoms with van der Waals surface area (Å²) in [6, 6.07) is 10.9.